The second kappa shape index (κ2) is 6.25. The van der Waals surface area contributed by atoms with Gasteiger partial charge in [0.15, 0.2) is 0 Å². The van der Waals surface area contributed by atoms with Crippen LogP contribution in [0.3, 0.4) is 0 Å². The van der Waals surface area contributed by atoms with Crippen LogP contribution in [0.1, 0.15) is 26.2 Å². The zero-order valence-corrected chi connectivity index (χ0v) is 13.3. The number of nitrogens with one attached hydrogen (secondary N) is 2. The second-order valence-electron chi connectivity index (χ2n) is 5.01. The first-order valence-electron chi connectivity index (χ1n) is 6.55. The van der Waals surface area contributed by atoms with Crippen molar-refractivity contribution in [2.24, 2.45) is 5.41 Å². The Morgan fingerprint density at radius 3 is 3.00 bits per heavy atom. The van der Waals surface area contributed by atoms with Gasteiger partial charge in [-0.2, -0.15) is 0 Å². The topological polar surface area (TPSA) is 41.1 Å². The van der Waals surface area contributed by atoms with E-state index in [1.165, 1.54) is 0 Å². The zero-order valence-electron chi connectivity index (χ0n) is 10.9. The number of hydrogen-bond acceptors (Lipinski definition) is 2. The highest BCUT2D eigenvalue weighted by Gasteiger charge is 2.40. The maximum absolute atomic E-state index is 12.6. The summed E-state index contributed by atoms with van der Waals surface area (Å²) in [5, 5.41) is 6.90. The van der Waals surface area contributed by atoms with Gasteiger partial charge in [0.25, 0.3) is 0 Å². The fourth-order valence-corrected chi connectivity index (χ4v) is 3.14. The number of carbonyl (C=O) groups is 1. The normalized spacial score (nSPS) is 22.5. The highest BCUT2D eigenvalue weighted by atomic mass is 79.9. The van der Waals surface area contributed by atoms with Gasteiger partial charge >= 0.3 is 0 Å². The van der Waals surface area contributed by atoms with Crippen LogP contribution < -0.4 is 10.6 Å². The summed E-state index contributed by atoms with van der Waals surface area (Å²) in [5.41, 5.74) is 0.455. The summed E-state index contributed by atoms with van der Waals surface area (Å²) in [6.07, 6.45) is 2.81. The molecule has 104 valence electrons. The Morgan fingerprint density at radius 2 is 2.37 bits per heavy atom. The highest BCUT2D eigenvalue weighted by Crippen LogP contribution is 2.35. The van der Waals surface area contributed by atoms with Crippen LogP contribution >= 0.6 is 27.5 Å². The maximum Gasteiger partial charge on any atom is 0.231 e. The summed E-state index contributed by atoms with van der Waals surface area (Å²) in [6, 6.07) is 5.48. The number of amides is 1. The molecule has 0 bridgehead atoms. The minimum absolute atomic E-state index is 0.0855. The molecular formula is C14H18BrClN2O. The number of rotatable bonds is 4. The molecule has 1 unspecified atom stereocenters. The summed E-state index contributed by atoms with van der Waals surface area (Å²) in [7, 11) is 0. The lowest BCUT2D eigenvalue weighted by Crippen LogP contribution is -2.38. The van der Waals surface area contributed by atoms with Crippen molar-refractivity contribution in [1.29, 1.82) is 0 Å². The molecule has 1 heterocycles. The first-order valence-corrected chi connectivity index (χ1v) is 7.72. The van der Waals surface area contributed by atoms with Gasteiger partial charge < -0.3 is 10.6 Å². The van der Waals surface area contributed by atoms with Gasteiger partial charge in [-0.1, -0.05) is 31.0 Å². The molecule has 0 spiro atoms. The van der Waals surface area contributed by atoms with E-state index in [2.05, 4.69) is 33.5 Å². The van der Waals surface area contributed by atoms with E-state index in [9.17, 15) is 4.79 Å². The lowest BCUT2D eigenvalue weighted by molar-refractivity contribution is -0.125. The number of benzene rings is 1. The molecule has 1 fully saturated rings. The molecule has 2 N–H and O–H groups in total. The van der Waals surface area contributed by atoms with Crippen LogP contribution in [0, 0.1) is 5.41 Å². The zero-order chi connectivity index (χ0) is 13.9. The number of carbonyl (C=O) groups excluding carboxylic acids is 1. The van der Waals surface area contributed by atoms with Crippen molar-refractivity contribution in [3.05, 3.63) is 27.7 Å². The molecule has 19 heavy (non-hydrogen) atoms. The van der Waals surface area contributed by atoms with E-state index in [1.807, 2.05) is 12.1 Å². The van der Waals surface area contributed by atoms with Gasteiger partial charge in [-0.25, -0.2) is 0 Å². The number of hydrogen-bond donors (Lipinski definition) is 2. The highest BCUT2D eigenvalue weighted by molar-refractivity contribution is 9.10. The third-order valence-corrected chi connectivity index (χ3v) is 5.05. The van der Waals surface area contributed by atoms with Gasteiger partial charge in [0.05, 0.1) is 20.6 Å². The monoisotopic (exact) mass is 344 g/mol. The smallest absolute Gasteiger partial charge is 0.231 e. The van der Waals surface area contributed by atoms with E-state index in [0.29, 0.717) is 5.02 Å². The Kier molecular flexibility index (Phi) is 4.87. The van der Waals surface area contributed by atoms with Crippen molar-refractivity contribution in [1.82, 2.24) is 5.32 Å². The first-order chi connectivity index (χ1) is 9.09. The Labute approximate surface area is 127 Å². The summed E-state index contributed by atoms with van der Waals surface area (Å²) in [6.45, 7) is 3.78. The lowest BCUT2D eigenvalue weighted by atomic mass is 9.81. The van der Waals surface area contributed by atoms with E-state index in [1.54, 1.807) is 6.07 Å². The molecule has 1 atom stereocenters. The van der Waals surface area contributed by atoms with Crippen LogP contribution in [0.25, 0.3) is 0 Å². The van der Waals surface area contributed by atoms with Crippen molar-refractivity contribution >= 4 is 39.1 Å². The SMILES string of the molecule is CCCC1(C(=O)Nc2cccc(Cl)c2Br)CCNC1. The lowest BCUT2D eigenvalue weighted by Gasteiger charge is -2.26. The van der Waals surface area contributed by atoms with E-state index in [4.69, 9.17) is 11.6 Å². The van der Waals surface area contributed by atoms with Crippen molar-refractivity contribution < 1.29 is 4.79 Å². The van der Waals surface area contributed by atoms with Crippen LogP contribution in [0.15, 0.2) is 22.7 Å². The van der Waals surface area contributed by atoms with E-state index >= 15 is 0 Å². The van der Waals surface area contributed by atoms with E-state index in [0.717, 1.165) is 42.5 Å². The van der Waals surface area contributed by atoms with Crippen LogP contribution in [-0.4, -0.2) is 19.0 Å². The average molecular weight is 346 g/mol. The molecule has 0 aliphatic carbocycles. The molecule has 1 aromatic carbocycles. The van der Waals surface area contributed by atoms with Gasteiger partial charge in [-0.15, -0.1) is 0 Å². The van der Waals surface area contributed by atoms with Gasteiger partial charge in [-0.3, -0.25) is 4.79 Å². The van der Waals surface area contributed by atoms with Crippen molar-refractivity contribution in [3.8, 4) is 0 Å². The molecule has 1 amide bonds. The predicted molar refractivity (Wildman–Crippen MR) is 82.6 cm³/mol. The molecule has 2 rings (SSSR count). The number of halogens is 2. The molecule has 0 aromatic heterocycles. The molecule has 5 heteroatoms. The quantitative estimate of drug-likeness (QED) is 0.871. The minimum Gasteiger partial charge on any atom is -0.324 e. The second-order valence-corrected chi connectivity index (χ2v) is 6.21. The van der Waals surface area contributed by atoms with Crippen molar-refractivity contribution in [3.63, 3.8) is 0 Å². The van der Waals surface area contributed by atoms with E-state index < -0.39 is 0 Å². The summed E-state index contributed by atoms with van der Waals surface area (Å²) < 4.78 is 0.739. The molecule has 0 radical (unpaired) electrons. The summed E-state index contributed by atoms with van der Waals surface area (Å²) >= 11 is 9.45. The third-order valence-electron chi connectivity index (χ3n) is 3.65. The third kappa shape index (κ3) is 3.12. The average Bonchev–Trinajstić information content (AvgIpc) is 2.85. The molecule has 1 aromatic rings. The Balaban J connectivity index is 2.17. The van der Waals surface area contributed by atoms with Crippen LogP contribution in [0.2, 0.25) is 5.02 Å². The van der Waals surface area contributed by atoms with Gasteiger partial charge in [0.2, 0.25) is 5.91 Å². The summed E-state index contributed by atoms with van der Waals surface area (Å²) in [4.78, 5) is 12.6. The fraction of sp³-hybridized carbons (Fsp3) is 0.500. The van der Waals surface area contributed by atoms with Crippen molar-refractivity contribution in [2.45, 2.75) is 26.2 Å². The minimum atomic E-state index is -0.281. The van der Waals surface area contributed by atoms with Gasteiger partial charge in [0.1, 0.15) is 0 Å². The van der Waals surface area contributed by atoms with Crippen molar-refractivity contribution in [2.75, 3.05) is 18.4 Å². The molecule has 1 aliphatic heterocycles. The summed E-state index contributed by atoms with van der Waals surface area (Å²) in [5.74, 6) is 0.0855. The molecule has 3 nitrogen and oxygen atoms in total. The van der Waals surface area contributed by atoms with Crippen LogP contribution in [0.4, 0.5) is 5.69 Å². The standard InChI is InChI=1S/C14H18BrClN2O/c1-2-6-14(7-8-17-9-14)13(19)18-11-5-3-4-10(16)12(11)15/h3-5,17H,2,6-9H2,1H3,(H,18,19). The van der Waals surface area contributed by atoms with Gasteiger partial charge in [-0.05, 0) is 47.4 Å². The van der Waals surface area contributed by atoms with Crippen LogP contribution in [-0.2, 0) is 4.79 Å². The first kappa shape index (κ1) is 14.8. The maximum atomic E-state index is 12.6. The van der Waals surface area contributed by atoms with E-state index in [-0.39, 0.29) is 11.3 Å². The van der Waals surface area contributed by atoms with Gasteiger partial charge in [0, 0.05) is 6.54 Å². The number of anilines is 1. The molecular weight excluding hydrogens is 328 g/mol. The predicted octanol–water partition coefficient (Wildman–Crippen LogP) is 3.82. The Bertz CT molecular complexity index is 473. The Morgan fingerprint density at radius 1 is 1.58 bits per heavy atom. The fourth-order valence-electron chi connectivity index (χ4n) is 2.60. The molecule has 1 aliphatic rings. The largest absolute Gasteiger partial charge is 0.324 e. The van der Waals surface area contributed by atoms with Crippen LogP contribution in [0.5, 0.6) is 0 Å². The Hall–Kier alpha value is -0.580. The molecule has 0 saturated carbocycles. The molecule has 1 saturated heterocycles.